The quantitative estimate of drug-likeness (QED) is 0.831. The molecule has 0 amide bonds. The number of likely N-dealkylation sites (N-methyl/N-ethyl adjacent to an activating group) is 1. The van der Waals surface area contributed by atoms with E-state index in [2.05, 4.69) is 30.8 Å². The maximum Gasteiger partial charge on any atom is 0.180 e. The van der Waals surface area contributed by atoms with Crippen molar-refractivity contribution in [3.05, 3.63) is 10.6 Å². The lowest BCUT2D eigenvalue weighted by molar-refractivity contribution is 0.278. The monoisotopic (exact) mass is 213 g/mol. The molecule has 0 aliphatic carbocycles. The van der Waals surface area contributed by atoms with Crippen molar-refractivity contribution in [1.82, 2.24) is 9.88 Å². The summed E-state index contributed by atoms with van der Waals surface area (Å²) in [6.07, 6.45) is 1.05. The first-order chi connectivity index (χ1) is 6.50. The number of nitrogens with two attached hydrogens (primary N) is 1. The molecule has 3 nitrogen and oxygen atoms in total. The van der Waals surface area contributed by atoms with Crippen LogP contribution in [0.2, 0.25) is 0 Å². The average Bonchev–Trinajstić information content (AvgIpc) is 2.40. The third-order valence-corrected chi connectivity index (χ3v) is 3.53. The summed E-state index contributed by atoms with van der Waals surface area (Å²) in [6.45, 7) is 7.50. The van der Waals surface area contributed by atoms with Crippen molar-refractivity contribution in [3.8, 4) is 0 Å². The van der Waals surface area contributed by atoms with E-state index in [0.717, 1.165) is 18.7 Å². The van der Waals surface area contributed by atoms with Crippen LogP contribution in [0.5, 0.6) is 0 Å². The highest BCUT2D eigenvalue weighted by Crippen LogP contribution is 2.20. The van der Waals surface area contributed by atoms with Gasteiger partial charge in [0, 0.05) is 17.5 Å². The maximum absolute atomic E-state index is 5.64. The Morgan fingerprint density at radius 2 is 2.14 bits per heavy atom. The number of hydrogen-bond acceptors (Lipinski definition) is 4. The average molecular weight is 213 g/mol. The molecule has 1 aromatic rings. The van der Waals surface area contributed by atoms with Gasteiger partial charge in [-0.1, -0.05) is 0 Å². The number of hydrogen-bond donors (Lipinski definition) is 1. The molecule has 1 rings (SSSR count). The van der Waals surface area contributed by atoms with E-state index in [1.165, 1.54) is 4.88 Å². The molecule has 4 heteroatoms. The molecule has 0 spiro atoms. The maximum atomic E-state index is 5.64. The van der Waals surface area contributed by atoms with E-state index in [0.29, 0.717) is 11.2 Å². The van der Waals surface area contributed by atoms with Crippen LogP contribution in [0.25, 0.3) is 0 Å². The Labute approximate surface area is 89.9 Å². The van der Waals surface area contributed by atoms with Gasteiger partial charge in [-0.3, -0.25) is 0 Å². The van der Waals surface area contributed by atoms with E-state index in [4.69, 9.17) is 5.73 Å². The molecule has 0 unspecified atom stereocenters. The molecule has 0 saturated heterocycles. The highest BCUT2D eigenvalue weighted by molar-refractivity contribution is 7.15. The first-order valence-electron chi connectivity index (χ1n) is 4.92. The lowest BCUT2D eigenvalue weighted by Gasteiger charge is -2.20. The summed E-state index contributed by atoms with van der Waals surface area (Å²) in [4.78, 5) is 7.86. The van der Waals surface area contributed by atoms with Crippen molar-refractivity contribution in [3.63, 3.8) is 0 Å². The zero-order chi connectivity index (χ0) is 10.7. The molecule has 0 fully saturated rings. The number of rotatable bonds is 4. The molecule has 1 heterocycles. The molecule has 0 aliphatic heterocycles. The first-order valence-corrected chi connectivity index (χ1v) is 5.74. The Hall–Kier alpha value is -0.610. The molecule has 0 aliphatic rings. The minimum absolute atomic E-state index is 0.598. The van der Waals surface area contributed by atoms with Gasteiger partial charge in [-0.25, -0.2) is 4.98 Å². The van der Waals surface area contributed by atoms with Gasteiger partial charge in [0.2, 0.25) is 0 Å². The number of aromatic nitrogens is 1. The standard InChI is InChI=1S/C10H19N3S/c1-7(2)13(4)6-5-9-8(3)12-10(11)14-9/h7H,5-6H2,1-4H3,(H2,11,12). The molecule has 14 heavy (non-hydrogen) atoms. The van der Waals surface area contributed by atoms with Gasteiger partial charge in [-0.15, -0.1) is 11.3 Å². The third-order valence-electron chi connectivity index (χ3n) is 2.48. The van der Waals surface area contributed by atoms with Gasteiger partial charge in [0.25, 0.3) is 0 Å². The van der Waals surface area contributed by atoms with Crippen LogP contribution in [0.3, 0.4) is 0 Å². The van der Waals surface area contributed by atoms with Crippen LogP contribution in [-0.2, 0) is 6.42 Å². The molecule has 1 aromatic heterocycles. The SMILES string of the molecule is Cc1nc(N)sc1CCN(C)C(C)C. The van der Waals surface area contributed by atoms with Gasteiger partial charge < -0.3 is 10.6 Å². The molecule has 0 radical (unpaired) electrons. The fraction of sp³-hybridized carbons (Fsp3) is 0.700. The van der Waals surface area contributed by atoms with Crippen molar-refractivity contribution >= 4 is 16.5 Å². The highest BCUT2D eigenvalue weighted by Gasteiger charge is 2.08. The van der Waals surface area contributed by atoms with E-state index in [1.54, 1.807) is 11.3 Å². The van der Waals surface area contributed by atoms with Crippen LogP contribution in [-0.4, -0.2) is 29.5 Å². The predicted octanol–water partition coefficient (Wildman–Crippen LogP) is 1.92. The number of thiazole rings is 1. The topological polar surface area (TPSA) is 42.1 Å². The van der Waals surface area contributed by atoms with Crippen LogP contribution >= 0.6 is 11.3 Å². The van der Waals surface area contributed by atoms with Crippen LogP contribution in [0.1, 0.15) is 24.4 Å². The summed E-state index contributed by atoms with van der Waals surface area (Å²) >= 11 is 1.61. The van der Waals surface area contributed by atoms with Crippen molar-refractivity contribution in [1.29, 1.82) is 0 Å². The van der Waals surface area contributed by atoms with Gasteiger partial charge >= 0.3 is 0 Å². The van der Waals surface area contributed by atoms with Crippen molar-refractivity contribution in [2.45, 2.75) is 33.2 Å². The second kappa shape index (κ2) is 4.75. The molecule has 0 aromatic carbocycles. The summed E-state index contributed by atoms with van der Waals surface area (Å²) in [5.41, 5.74) is 6.73. The minimum atomic E-state index is 0.598. The molecule has 80 valence electrons. The van der Waals surface area contributed by atoms with Crippen molar-refractivity contribution < 1.29 is 0 Å². The van der Waals surface area contributed by atoms with Gasteiger partial charge in [0.05, 0.1) is 5.69 Å². The Morgan fingerprint density at radius 1 is 1.50 bits per heavy atom. The summed E-state index contributed by atoms with van der Waals surface area (Å²) in [5, 5.41) is 0.685. The summed E-state index contributed by atoms with van der Waals surface area (Å²) in [6, 6.07) is 0.598. The van der Waals surface area contributed by atoms with E-state index >= 15 is 0 Å². The number of aryl methyl sites for hydroxylation is 1. The minimum Gasteiger partial charge on any atom is -0.375 e. The second-order valence-electron chi connectivity index (χ2n) is 3.89. The molecule has 0 bridgehead atoms. The number of nitrogen functional groups attached to an aromatic ring is 1. The zero-order valence-corrected chi connectivity index (χ0v) is 10.2. The number of anilines is 1. The van der Waals surface area contributed by atoms with E-state index < -0.39 is 0 Å². The molecule has 2 N–H and O–H groups in total. The van der Waals surface area contributed by atoms with E-state index in [9.17, 15) is 0 Å². The Kier molecular flexibility index (Phi) is 3.89. The Morgan fingerprint density at radius 3 is 2.57 bits per heavy atom. The van der Waals surface area contributed by atoms with Crippen LogP contribution in [0, 0.1) is 6.92 Å². The van der Waals surface area contributed by atoms with Gasteiger partial charge in [-0.05, 0) is 34.2 Å². The molecular formula is C10H19N3S. The smallest absolute Gasteiger partial charge is 0.180 e. The first kappa shape index (κ1) is 11.5. The zero-order valence-electron chi connectivity index (χ0n) is 9.37. The van der Waals surface area contributed by atoms with Gasteiger partial charge in [-0.2, -0.15) is 0 Å². The number of nitrogens with zero attached hydrogens (tertiary/aromatic N) is 2. The fourth-order valence-corrected chi connectivity index (χ4v) is 2.04. The van der Waals surface area contributed by atoms with Crippen molar-refractivity contribution in [2.24, 2.45) is 0 Å². The summed E-state index contributed by atoms with van der Waals surface area (Å²) in [5.74, 6) is 0. The molecule has 0 saturated carbocycles. The Balaban J connectivity index is 2.49. The van der Waals surface area contributed by atoms with E-state index in [-0.39, 0.29) is 0 Å². The predicted molar refractivity (Wildman–Crippen MR) is 62.7 cm³/mol. The highest BCUT2D eigenvalue weighted by atomic mass is 32.1. The van der Waals surface area contributed by atoms with Crippen LogP contribution < -0.4 is 5.73 Å². The normalized spacial score (nSPS) is 11.6. The largest absolute Gasteiger partial charge is 0.375 e. The van der Waals surface area contributed by atoms with E-state index in [1.807, 2.05) is 6.92 Å². The summed E-state index contributed by atoms with van der Waals surface area (Å²) < 4.78 is 0. The van der Waals surface area contributed by atoms with Crippen LogP contribution in [0.15, 0.2) is 0 Å². The fourth-order valence-electron chi connectivity index (χ4n) is 1.22. The summed E-state index contributed by atoms with van der Waals surface area (Å²) in [7, 11) is 2.14. The third kappa shape index (κ3) is 2.96. The van der Waals surface area contributed by atoms with Crippen LogP contribution in [0.4, 0.5) is 5.13 Å². The van der Waals surface area contributed by atoms with Gasteiger partial charge in [0.15, 0.2) is 5.13 Å². The second-order valence-corrected chi connectivity index (χ2v) is 5.00. The Bertz CT molecular complexity index is 294. The lowest BCUT2D eigenvalue weighted by atomic mass is 10.2. The van der Waals surface area contributed by atoms with Crippen molar-refractivity contribution in [2.75, 3.05) is 19.3 Å². The van der Waals surface area contributed by atoms with Gasteiger partial charge in [0.1, 0.15) is 0 Å². The molecular weight excluding hydrogens is 194 g/mol. The molecule has 0 atom stereocenters. The lowest BCUT2D eigenvalue weighted by Crippen LogP contribution is -2.28.